The van der Waals surface area contributed by atoms with Crippen LogP contribution in [-0.2, 0) is 13.1 Å². The summed E-state index contributed by atoms with van der Waals surface area (Å²) in [7, 11) is 6.51. The molecule has 0 unspecified atom stereocenters. The van der Waals surface area contributed by atoms with Gasteiger partial charge in [-0.25, -0.2) is 4.98 Å². The van der Waals surface area contributed by atoms with Crippen molar-refractivity contribution in [1.29, 1.82) is 0 Å². The van der Waals surface area contributed by atoms with Gasteiger partial charge in [0.25, 0.3) is 0 Å². The van der Waals surface area contributed by atoms with Crippen LogP contribution in [-0.4, -0.2) is 44.3 Å². The minimum Gasteiger partial charge on any atom is -0.493 e. The molecular weight excluding hydrogens is 509 g/mol. The van der Waals surface area contributed by atoms with Crippen molar-refractivity contribution >= 4 is 29.9 Å². The standard InChI is InChI=1S/C22H27N5O3.HI/c1-23-22(25-12-15-10-18(28-2)21(30-4)19(11-15)29-3)26-14-20-24-13-17(27-20)16-8-6-5-7-9-16;/h5-11,13H,12,14H2,1-4H3,(H,24,27)(H2,23,25,26);1H. The summed E-state index contributed by atoms with van der Waals surface area (Å²) >= 11 is 0. The van der Waals surface area contributed by atoms with Crippen molar-refractivity contribution in [3.05, 3.63) is 60.0 Å². The quantitative estimate of drug-likeness (QED) is 0.231. The highest BCUT2D eigenvalue weighted by Gasteiger charge is 2.13. The first-order chi connectivity index (χ1) is 14.7. The molecule has 8 nitrogen and oxygen atoms in total. The first kappa shape index (κ1) is 24.3. The number of hydrogen-bond donors (Lipinski definition) is 3. The van der Waals surface area contributed by atoms with Crippen molar-refractivity contribution in [2.45, 2.75) is 13.1 Å². The van der Waals surface area contributed by atoms with E-state index in [9.17, 15) is 0 Å². The van der Waals surface area contributed by atoms with Gasteiger partial charge in [0.1, 0.15) is 5.82 Å². The predicted octanol–water partition coefficient (Wildman–Crippen LogP) is 3.59. The molecule has 0 aliphatic rings. The normalized spacial score (nSPS) is 10.8. The number of imidazole rings is 1. The average molecular weight is 537 g/mol. The van der Waals surface area contributed by atoms with Gasteiger partial charge in [0.2, 0.25) is 5.75 Å². The van der Waals surface area contributed by atoms with Gasteiger partial charge in [-0.05, 0) is 23.3 Å². The first-order valence-corrected chi connectivity index (χ1v) is 9.51. The van der Waals surface area contributed by atoms with Crippen molar-refractivity contribution in [3.8, 4) is 28.5 Å². The number of hydrogen-bond acceptors (Lipinski definition) is 5. The minimum absolute atomic E-state index is 0. The van der Waals surface area contributed by atoms with E-state index in [1.807, 2.05) is 48.7 Å². The molecule has 0 fully saturated rings. The summed E-state index contributed by atoms with van der Waals surface area (Å²) < 4.78 is 16.2. The van der Waals surface area contributed by atoms with Gasteiger partial charge in [0, 0.05) is 13.6 Å². The number of H-pyrrole nitrogens is 1. The van der Waals surface area contributed by atoms with Crippen LogP contribution in [0.3, 0.4) is 0 Å². The molecule has 0 amide bonds. The van der Waals surface area contributed by atoms with E-state index in [-0.39, 0.29) is 24.0 Å². The summed E-state index contributed by atoms with van der Waals surface area (Å²) in [5.41, 5.74) is 3.05. The molecule has 1 aromatic heterocycles. The van der Waals surface area contributed by atoms with Gasteiger partial charge in [0.05, 0.1) is 39.8 Å². The number of aromatic amines is 1. The molecule has 31 heavy (non-hydrogen) atoms. The molecule has 0 saturated heterocycles. The molecule has 3 N–H and O–H groups in total. The van der Waals surface area contributed by atoms with Gasteiger partial charge in [-0.2, -0.15) is 0 Å². The molecule has 0 aliphatic heterocycles. The Bertz CT molecular complexity index is 967. The Morgan fingerprint density at radius 1 is 0.968 bits per heavy atom. The maximum absolute atomic E-state index is 5.41. The van der Waals surface area contributed by atoms with Crippen LogP contribution in [0.15, 0.2) is 53.7 Å². The van der Waals surface area contributed by atoms with Crippen LogP contribution in [0.1, 0.15) is 11.4 Å². The zero-order valence-corrected chi connectivity index (χ0v) is 20.4. The van der Waals surface area contributed by atoms with E-state index in [1.54, 1.807) is 28.4 Å². The highest BCUT2D eigenvalue weighted by Crippen LogP contribution is 2.38. The lowest BCUT2D eigenvalue weighted by Gasteiger charge is -2.15. The number of halogens is 1. The van der Waals surface area contributed by atoms with Gasteiger partial charge in [-0.15, -0.1) is 24.0 Å². The lowest BCUT2D eigenvalue weighted by molar-refractivity contribution is 0.323. The second-order valence-corrected chi connectivity index (χ2v) is 6.42. The maximum Gasteiger partial charge on any atom is 0.203 e. The zero-order valence-electron chi connectivity index (χ0n) is 18.1. The first-order valence-electron chi connectivity index (χ1n) is 9.51. The minimum atomic E-state index is 0. The summed E-state index contributed by atoms with van der Waals surface area (Å²) in [6.45, 7) is 1.05. The van der Waals surface area contributed by atoms with Crippen molar-refractivity contribution in [3.63, 3.8) is 0 Å². The van der Waals surface area contributed by atoms with E-state index >= 15 is 0 Å². The van der Waals surface area contributed by atoms with Crippen LogP contribution in [0.2, 0.25) is 0 Å². The van der Waals surface area contributed by atoms with Crippen molar-refractivity contribution in [2.75, 3.05) is 28.4 Å². The monoisotopic (exact) mass is 537 g/mol. The Labute approximate surface area is 199 Å². The molecule has 0 atom stereocenters. The van der Waals surface area contributed by atoms with E-state index in [1.165, 1.54) is 0 Å². The highest BCUT2D eigenvalue weighted by atomic mass is 127. The van der Waals surface area contributed by atoms with Crippen LogP contribution in [0.4, 0.5) is 0 Å². The smallest absolute Gasteiger partial charge is 0.203 e. The second kappa shape index (κ2) is 12.0. The van der Waals surface area contributed by atoms with E-state index in [0.29, 0.717) is 36.3 Å². The van der Waals surface area contributed by atoms with Gasteiger partial charge >= 0.3 is 0 Å². The molecule has 0 radical (unpaired) electrons. The van der Waals surface area contributed by atoms with Gasteiger partial charge in [-0.3, -0.25) is 4.99 Å². The van der Waals surface area contributed by atoms with Crippen LogP contribution in [0.5, 0.6) is 17.2 Å². The predicted molar refractivity (Wildman–Crippen MR) is 133 cm³/mol. The van der Waals surface area contributed by atoms with Gasteiger partial charge in [0.15, 0.2) is 17.5 Å². The number of aliphatic imine (C=N–C) groups is 1. The fourth-order valence-electron chi connectivity index (χ4n) is 3.03. The molecule has 3 aromatic rings. The second-order valence-electron chi connectivity index (χ2n) is 6.42. The third-order valence-corrected chi connectivity index (χ3v) is 4.54. The molecule has 0 saturated carbocycles. The molecule has 1 heterocycles. The third kappa shape index (κ3) is 6.27. The summed E-state index contributed by atoms with van der Waals surface area (Å²) in [4.78, 5) is 12.0. The molecule has 166 valence electrons. The largest absolute Gasteiger partial charge is 0.493 e. The number of benzene rings is 2. The summed E-state index contributed by atoms with van der Waals surface area (Å²) in [5, 5.41) is 6.54. The topological polar surface area (TPSA) is 92.8 Å². The van der Waals surface area contributed by atoms with Gasteiger partial charge in [-0.1, -0.05) is 30.3 Å². The SMILES string of the molecule is CN=C(NCc1cc(OC)c(OC)c(OC)c1)NCc1ncc(-c2ccccc2)[nH]1.I. The van der Waals surface area contributed by atoms with E-state index in [0.717, 1.165) is 22.6 Å². The Kier molecular flexibility index (Phi) is 9.44. The number of rotatable bonds is 8. The Morgan fingerprint density at radius 3 is 2.19 bits per heavy atom. The fourth-order valence-corrected chi connectivity index (χ4v) is 3.03. The number of guanidine groups is 1. The number of nitrogens with zero attached hydrogens (tertiary/aromatic N) is 2. The Balaban J connectivity index is 0.00000341. The summed E-state index contributed by atoms with van der Waals surface area (Å²) in [6, 6.07) is 13.9. The van der Waals surface area contributed by atoms with Crippen molar-refractivity contribution < 1.29 is 14.2 Å². The number of nitrogens with one attached hydrogen (secondary N) is 3. The number of methoxy groups -OCH3 is 3. The van der Waals surface area contributed by atoms with Crippen LogP contribution < -0.4 is 24.8 Å². The van der Waals surface area contributed by atoms with Crippen LogP contribution in [0, 0.1) is 0 Å². The lowest BCUT2D eigenvalue weighted by Crippen LogP contribution is -2.36. The van der Waals surface area contributed by atoms with Gasteiger partial charge < -0.3 is 29.8 Å². The molecular formula is C22H28IN5O3. The van der Waals surface area contributed by atoms with Crippen molar-refractivity contribution in [2.24, 2.45) is 4.99 Å². The maximum atomic E-state index is 5.41. The van der Waals surface area contributed by atoms with Crippen LogP contribution in [0.25, 0.3) is 11.3 Å². The third-order valence-electron chi connectivity index (χ3n) is 4.54. The zero-order chi connectivity index (χ0) is 21.3. The molecule has 3 rings (SSSR count). The summed E-state index contributed by atoms with van der Waals surface area (Å²) in [6.07, 6.45) is 1.83. The Hall–Kier alpha value is -2.95. The van der Waals surface area contributed by atoms with E-state index < -0.39 is 0 Å². The molecule has 9 heteroatoms. The number of ether oxygens (including phenoxy) is 3. The Morgan fingerprint density at radius 2 is 1.61 bits per heavy atom. The molecule has 0 aliphatic carbocycles. The van der Waals surface area contributed by atoms with Crippen LogP contribution >= 0.6 is 24.0 Å². The van der Waals surface area contributed by atoms with E-state index in [2.05, 4.69) is 25.6 Å². The summed E-state index contributed by atoms with van der Waals surface area (Å²) in [5.74, 6) is 3.27. The fraction of sp³-hybridized carbons (Fsp3) is 0.273. The van der Waals surface area contributed by atoms with E-state index in [4.69, 9.17) is 14.2 Å². The highest BCUT2D eigenvalue weighted by molar-refractivity contribution is 14.0. The molecule has 0 spiro atoms. The molecule has 2 aromatic carbocycles. The lowest BCUT2D eigenvalue weighted by atomic mass is 10.2. The van der Waals surface area contributed by atoms with Crippen molar-refractivity contribution in [1.82, 2.24) is 20.6 Å². The number of aromatic nitrogens is 2. The molecule has 0 bridgehead atoms. The average Bonchev–Trinajstić information content (AvgIpc) is 3.28.